The van der Waals surface area contributed by atoms with Crippen molar-refractivity contribution in [3.63, 3.8) is 0 Å². The lowest BCUT2D eigenvalue weighted by atomic mass is 9.88. The lowest BCUT2D eigenvalue weighted by Crippen LogP contribution is -2.45. The molecule has 1 fully saturated rings. The molecule has 1 atom stereocenters. The van der Waals surface area contributed by atoms with Gasteiger partial charge in [-0.3, -0.25) is 14.5 Å². The van der Waals surface area contributed by atoms with Gasteiger partial charge in [-0.05, 0) is 40.8 Å². The summed E-state index contributed by atoms with van der Waals surface area (Å²) in [6.45, 7) is 2.53. The largest absolute Gasteiger partial charge is 0.336 e. The van der Waals surface area contributed by atoms with Crippen LogP contribution in [0.1, 0.15) is 23.6 Å². The first-order valence-electron chi connectivity index (χ1n) is 10.4. The molecule has 3 aromatic carbocycles. The molecule has 2 aliphatic heterocycles. The average Bonchev–Trinajstić information content (AvgIpc) is 3.02. The minimum absolute atomic E-state index is 0.222. The number of benzene rings is 3. The number of carbonyl (C=O) groups is 3. The minimum atomic E-state index is -1.22. The van der Waals surface area contributed by atoms with Crippen LogP contribution >= 0.6 is 0 Å². The highest BCUT2D eigenvalue weighted by Gasteiger charge is 2.50. The second-order valence-corrected chi connectivity index (χ2v) is 8.31. The number of nitrogens with one attached hydrogen (secondary N) is 1. The molecule has 3 aromatic rings. The Morgan fingerprint density at radius 1 is 0.968 bits per heavy atom. The summed E-state index contributed by atoms with van der Waals surface area (Å²) in [5, 5.41) is 4.72. The molecule has 0 saturated carbocycles. The van der Waals surface area contributed by atoms with E-state index in [1.54, 1.807) is 11.8 Å². The SMILES string of the molecule is CC1(c2cccc3ccccc23)NC(=O)N(CC(=O)N2CCc3ccccc3C2)C1=O. The molecule has 2 heterocycles. The molecule has 1 saturated heterocycles. The van der Waals surface area contributed by atoms with E-state index < -0.39 is 17.5 Å². The van der Waals surface area contributed by atoms with E-state index in [0.29, 0.717) is 13.1 Å². The molecule has 0 aliphatic carbocycles. The van der Waals surface area contributed by atoms with Crippen molar-refractivity contribution in [2.75, 3.05) is 13.1 Å². The molecule has 2 aliphatic rings. The second kappa shape index (κ2) is 7.23. The third-order valence-electron chi connectivity index (χ3n) is 6.38. The van der Waals surface area contributed by atoms with Gasteiger partial charge in [0.25, 0.3) is 5.91 Å². The number of hydrogen-bond donors (Lipinski definition) is 1. The van der Waals surface area contributed by atoms with Crippen LogP contribution in [0, 0.1) is 0 Å². The van der Waals surface area contributed by atoms with Gasteiger partial charge in [0, 0.05) is 13.1 Å². The van der Waals surface area contributed by atoms with E-state index in [1.165, 1.54) is 5.56 Å². The zero-order chi connectivity index (χ0) is 21.6. The topological polar surface area (TPSA) is 69.7 Å². The Morgan fingerprint density at radius 3 is 2.52 bits per heavy atom. The van der Waals surface area contributed by atoms with Gasteiger partial charge in [0.2, 0.25) is 5.91 Å². The molecule has 6 heteroatoms. The molecule has 5 rings (SSSR count). The smallest absolute Gasteiger partial charge is 0.325 e. The fraction of sp³-hybridized carbons (Fsp3) is 0.240. The highest BCUT2D eigenvalue weighted by molar-refractivity contribution is 6.10. The van der Waals surface area contributed by atoms with Gasteiger partial charge in [0.05, 0.1) is 0 Å². The first kappa shape index (κ1) is 19.3. The Labute approximate surface area is 180 Å². The Kier molecular flexibility index (Phi) is 4.50. The lowest BCUT2D eigenvalue weighted by molar-refractivity contribution is -0.139. The van der Waals surface area contributed by atoms with Crippen LogP contribution in [0.25, 0.3) is 10.8 Å². The summed E-state index contributed by atoms with van der Waals surface area (Å²) in [6, 6.07) is 21.0. The van der Waals surface area contributed by atoms with Crippen molar-refractivity contribution >= 4 is 28.6 Å². The number of carbonyl (C=O) groups excluding carboxylic acids is 3. The molecule has 156 valence electrons. The number of imide groups is 1. The fourth-order valence-electron chi connectivity index (χ4n) is 4.63. The molecule has 1 unspecified atom stereocenters. The Bertz CT molecular complexity index is 1220. The van der Waals surface area contributed by atoms with Gasteiger partial charge in [0.1, 0.15) is 12.1 Å². The van der Waals surface area contributed by atoms with Gasteiger partial charge in [-0.25, -0.2) is 4.79 Å². The summed E-state index contributed by atoms with van der Waals surface area (Å²) in [5.74, 6) is -0.625. The number of rotatable bonds is 3. The Balaban J connectivity index is 1.39. The maximum absolute atomic E-state index is 13.4. The van der Waals surface area contributed by atoms with Crippen LogP contribution in [-0.2, 0) is 28.1 Å². The van der Waals surface area contributed by atoms with Crippen molar-refractivity contribution in [3.05, 3.63) is 83.4 Å². The van der Waals surface area contributed by atoms with E-state index in [0.717, 1.165) is 33.2 Å². The quantitative estimate of drug-likeness (QED) is 0.671. The van der Waals surface area contributed by atoms with Gasteiger partial charge >= 0.3 is 6.03 Å². The standard InChI is InChI=1S/C25H23N3O3/c1-25(21-12-6-10-18-8-4-5-11-20(18)21)23(30)28(24(31)26-25)16-22(29)27-14-13-17-7-2-3-9-19(17)15-27/h2-12H,13-16H2,1H3,(H,26,31). The summed E-state index contributed by atoms with van der Waals surface area (Å²) in [4.78, 5) is 41.9. The Morgan fingerprint density at radius 2 is 1.68 bits per heavy atom. The van der Waals surface area contributed by atoms with Crippen LogP contribution in [0.3, 0.4) is 0 Å². The van der Waals surface area contributed by atoms with Crippen LogP contribution in [0.5, 0.6) is 0 Å². The van der Waals surface area contributed by atoms with E-state index in [-0.39, 0.29) is 12.5 Å². The monoisotopic (exact) mass is 413 g/mol. The van der Waals surface area contributed by atoms with Crippen molar-refractivity contribution in [2.24, 2.45) is 0 Å². The maximum Gasteiger partial charge on any atom is 0.325 e. The van der Waals surface area contributed by atoms with E-state index >= 15 is 0 Å². The first-order chi connectivity index (χ1) is 15.0. The summed E-state index contributed by atoms with van der Waals surface area (Å²) in [7, 11) is 0. The van der Waals surface area contributed by atoms with Crippen LogP contribution < -0.4 is 5.32 Å². The average molecular weight is 413 g/mol. The zero-order valence-corrected chi connectivity index (χ0v) is 17.3. The van der Waals surface area contributed by atoms with Crippen molar-refractivity contribution in [1.82, 2.24) is 15.1 Å². The molecule has 0 radical (unpaired) electrons. The molecule has 4 amide bonds. The molecule has 31 heavy (non-hydrogen) atoms. The first-order valence-corrected chi connectivity index (χ1v) is 10.4. The van der Waals surface area contributed by atoms with Crippen molar-refractivity contribution < 1.29 is 14.4 Å². The second-order valence-electron chi connectivity index (χ2n) is 8.31. The maximum atomic E-state index is 13.4. The van der Waals surface area contributed by atoms with Crippen LogP contribution in [0.15, 0.2) is 66.7 Å². The molecule has 0 aromatic heterocycles. The minimum Gasteiger partial charge on any atom is -0.336 e. The predicted molar refractivity (Wildman–Crippen MR) is 117 cm³/mol. The summed E-state index contributed by atoms with van der Waals surface area (Å²) in [5.41, 5.74) is 1.86. The van der Waals surface area contributed by atoms with Gasteiger partial charge < -0.3 is 10.2 Å². The van der Waals surface area contributed by atoms with E-state index in [4.69, 9.17) is 0 Å². The molecule has 6 nitrogen and oxygen atoms in total. The third-order valence-corrected chi connectivity index (χ3v) is 6.38. The number of nitrogens with zero attached hydrogens (tertiary/aromatic N) is 2. The van der Waals surface area contributed by atoms with Gasteiger partial charge in [0.15, 0.2) is 0 Å². The highest BCUT2D eigenvalue weighted by atomic mass is 16.2. The number of urea groups is 1. The molecule has 1 N–H and O–H groups in total. The Hall–Kier alpha value is -3.67. The van der Waals surface area contributed by atoms with E-state index in [9.17, 15) is 14.4 Å². The third kappa shape index (κ3) is 3.15. The fourth-order valence-corrected chi connectivity index (χ4v) is 4.63. The van der Waals surface area contributed by atoms with Crippen molar-refractivity contribution in [2.45, 2.75) is 25.4 Å². The van der Waals surface area contributed by atoms with E-state index in [1.807, 2.05) is 60.7 Å². The zero-order valence-electron chi connectivity index (χ0n) is 17.3. The van der Waals surface area contributed by atoms with Gasteiger partial charge in [-0.1, -0.05) is 66.7 Å². The van der Waals surface area contributed by atoms with Gasteiger partial charge in [-0.2, -0.15) is 0 Å². The molecular weight excluding hydrogens is 390 g/mol. The number of amides is 4. The summed E-state index contributed by atoms with van der Waals surface area (Å²) >= 11 is 0. The summed E-state index contributed by atoms with van der Waals surface area (Å²) < 4.78 is 0. The number of hydrogen-bond acceptors (Lipinski definition) is 3. The molecule has 0 bridgehead atoms. The predicted octanol–water partition coefficient (Wildman–Crippen LogP) is 3.19. The summed E-state index contributed by atoms with van der Waals surface area (Å²) in [6.07, 6.45) is 0.774. The lowest BCUT2D eigenvalue weighted by Gasteiger charge is -2.30. The van der Waals surface area contributed by atoms with Crippen molar-refractivity contribution in [3.8, 4) is 0 Å². The van der Waals surface area contributed by atoms with Gasteiger partial charge in [-0.15, -0.1) is 0 Å². The normalized spacial score (nSPS) is 20.7. The highest BCUT2D eigenvalue weighted by Crippen LogP contribution is 2.34. The number of fused-ring (bicyclic) bond motifs is 2. The van der Waals surface area contributed by atoms with Crippen LogP contribution in [-0.4, -0.2) is 40.7 Å². The van der Waals surface area contributed by atoms with Crippen LogP contribution in [0.4, 0.5) is 4.79 Å². The van der Waals surface area contributed by atoms with Crippen LogP contribution in [0.2, 0.25) is 0 Å². The van der Waals surface area contributed by atoms with E-state index in [2.05, 4.69) is 11.4 Å². The van der Waals surface area contributed by atoms with Crippen molar-refractivity contribution in [1.29, 1.82) is 0 Å². The molecular formula is C25H23N3O3. The molecule has 0 spiro atoms.